The normalized spacial score (nSPS) is 18.8. The molecule has 1 fully saturated rings. The number of nitrogens with zero attached hydrogens (tertiary/aromatic N) is 2. The van der Waals surface area contributed by atoms with E-state index >= 15 is 0 Å². The summed E-state index contributed by atoms with van der Waals surface area (Å²) in [7, 11) is 0. The smallest absolute Gasteiger partial charge is 0.239 e. The van der Waals surface area contributed by atoms with E-state index in [0.717, 1.165) is 5.56 Å². The van der Waals surface area contributed by atoms with Gasteiger partial charge in [0.25, 0.3) is 0 Å². The molecular formula is C16H18ClN3O3. The molecule has 2 heterocycles. The molecule has 1 N–H and O–H groups in total. The number of anilines is 1. The van der Waals surface area contributed by atoms with Crippen LogP contribution in [0.4, 0.5) is 5.82 Å². The van der Waals surface area contributed by atoms with Crippen LogP contribution in [0.2, 0.25) is 5.02 Å². The highest BCUT2D eigenvalue weighted by molar-refractivity contribution is 6.31. The van der Waals surface area contributed by atoms with E-state index in [4.69, 9.17) is 20.9 Å². The molecule has 0 aliphatic carbocycles. The molecule has 3 rings (SSSR count). The molecule has 6 nitrogen and oxygen atoms in total. The zero-order valence-corrected chi connectivity index (χ0v) is 13.5. The number of aryl methyl sites for hydroxylation is 1. The van der Waals surface area contributed by atoms with Gasteiger partial charge in [-0.25, -0.2) is 0 Å². The van der Waals surface area contributed by atoms with Gasteiger partial charge in [-0.2, -0.15) is 0 Å². The Morgan fingerprint density at radius 1 is 1.48 bits per heavy atom. The fraction of sp³-hybridized carbons (Fsp3) is 0.375. The zero-order chi connectivity index (χ0) is 16.2. The highest BCUT2D eigenvalue weighted by atomic mass is 35.5. The molecule has 1 saturated heterocycles. The molecule has 0 bridgehead atoms. The van der Waals surface area contributed by atoms with Crippen molar-refractivity contribution in [1.29, 1.82) is 0 Å². The first kappa shape index (κ1) is 16.0. The van der Waals surface area contributed by atoms with Crippen molar-refractivity contribution in [2.45, 2.75) is 13.0 Å². The Labute approximate surface area is 139 Å². The Hall–Kier alpha value is -1.89. The van der Waals surface area contributed by atoms with Crippen molar-refractivity contribution in [1.82, 2.24) is 10.1 Å². The number of ether oxygens (including phenoxy) is 1. The van der Waals surface area contributed by atoms with Crippen molar-refractivity contribution < 1.29 is 14.1 Å². The van der Waals surface area contributed by atoms with Crippen molar-refractivity contribution in [2.24, 2.45) is 0 Å². The van der Waals surface area contributed by atoms with Gasteiger partial charge in [-0.3, -0.25) is 9.69 Å². The highest BCUT2D eigenvalue weighted by Gasteiger charge is 2.25. The third kappa shape index (κ3) is 4.10. The third-order valence-electron chi connectivity index (χ3n) is 3.67. The third-order valence-corrected chi connectivity index (χ3v) is 4.01. The second-order valence-corrected chi connectivity index (χ2v) is 5.89. The molecule has 23 heavy (non-hydrogen) atoms. The topological polar surface area (TPSA) is 67.6 Å². The number of carbonyl (C=O) groups is 1. The average Bonchev–Trinajstić information content (AvgIpc) is 2.93. The Balaban J connectivity index is 1.58. The maximum Gasteiger partial charge on any atom is 0.239 e. The summed E-state index contributed by atoms with van der Waals surface area (Å²) in [6.07, 6.45) is -0.125. The van der Waals surface area contributed by atoms with Crippen LogP contribution in [0.3, 0.4) is 0 Å². The van der Waals surface area contributed by atoms with Crippen LogP contribution in [0.15, 0.2) is 34.9 Å². The molecule has 2 aromatic rings. The van der Waals surface area contributed by atoms with E-state index < -0.39 is 0 Å². The minimum absolute atomic E-state index is 0.125. The summed E-state index contributed by atoms with van der Waals surface area (Å²) in [5, 5.41) is 7.16. The van der Waals surface area contributed by atoms with E-state index in [2.05, 4.69) is 10.5 Å². The van der Waals surface area contributed by atoms with Gasteiger partial charge in [0.15, 0.2) is 5.82 Å². The van der Waals surface area contributed by atoms with Gasteiger partial charge in [-0.05, 0) is 13.0 Å². The Kier molecular flexibility index (Phi) is 4.95. The van der Waals surface area contributed by atoms with Crippen molar-refractivity contribution in [3.05, 3.63) is 46.7 Å². The molecule has 0 radical (unpaired) electrons. The van der Waals surface area contributed by atoms with E-state index in [1.165, 1.54) is 0 Å². The Morgan fingerprint density at radius 3 is 3.04 bits per heavy atom. The molecule has 1 aromatic carbocycles. The van der Waals surface area contributed by atoms with Crippen LogP contribution in [0.25, 0.3) is 0 Å². The minimum atomic E-state index is -0.127. The molecule has 122 valence electrons. The first-order valence-corrected chi connectivity index (χ1v) is 7.81. The van der Waals surface area contributed by atoms with Gasteiger partial charge in [0, 0.05) is 29.7 Å². The molecule has 0 saturated carbocycles. The number of halogens is 1. The molecule has 0 spiro atoms. The monoisotopic (exact) mass is 335 g/mol. The summed E-state index contributed by atoms with van der Waals surface area (Å²) in [6.45, 7) is 3.93. The van der Waals surface area contributed by atoms with Crippen molar-refractivity contribution in [3.63, 3.8) is 0 Å². The van der Waals surface area contributed by atoms with Crippen LogP contribution in [0.5, 0.6) is 0 Å². The second kappa shape index (κ2) is 7.12. The van der Waals surface area contributed by atoms with Crippen LogP contribution in [-0.4, -0.2) is 42.2 Å². The molecule has 1 amide bonds. The molecular weight excluding hydrogens is 318 g/mol. The summed E-state index contributed by atoms with van der Waals surface area (Å²) in [5.41, 5.74) is 0.950. The fourth-order valence-corrected chi connectivity index (χ4v) is 2.84. The number of benzene rings is 1. The van der Waals surface area contributed by atoms with Crippen LogP contribution < -0.4 is 5.32 Å². The number of rotatable bonds is 4. The van der Waals surface area contributed by atoms with Crippen LogP contribution >= 0.6 is 11.6 Å². The summed E-state index contributed by atoms with van der Waals surface area (Å²) in [6, 6.07) is 9.31. The van der Waals surface area contributed by atoms with Crippen LogP contribution in [0.1, 0.15) is 17.4 Å². The highest BCUT2D eigenvalue weighted by Crippen LogP contribution is 2.28. The molecule has 1 atom stereocenters. The van der Waals surface area contributed by atoms with E-state index in [9.17, 15) is 4.79 Å². The SMILES string of the molecule is Cc1cc(NC(=O)CN2CCO[C@H](c3ccccc3Cl)C2)no1. The number of amides is 1. The van der Waals surface area contributed by atoms with E-state index in [-0.39, 0.29) is 18.6 Å². The number of nitrogens with one attached hydrogen (secondary N) is 1. The predicted octanol–water partition coefficient (Wildman–Crippen LogP) is 2.65. The predicted molar refractivity (Wildman–Crippen MR) is 86.5 cm³/mol. The summed E-state index contributed by atoms with van der Waals surface area (Å²) >= 11 is 6.22. The second-order valence-electron chi connectivity index (χ2n) is 5.49. The van der Waals surface area contributed by atoms with E-state index in [0.29, 0.717) is 36.3 Å². The Bertz CT molecular complexity index is 689. The maximum atomic E-state index is 12.1. The maximum absolute atomic E-state index is 12.1. The lowest BCUT2D eigenvalue weighted by Crippen LogP contribution is -2.42. The molecule has 0 unspecified atom stereocenters. The van der Waals surface area contributed by atoms with Gasteiger partial charge in [-0.1, -0.05) is 35.0 Å². The van der Waals surface area contributed by atoms with Crippen LogP contribution in [-0.2, 0) is 9.53 Å². The Morgan fingerprint density at radius 2 is 2.30 bits per heavy atom. The lowest BCUT2D eigenvalue weighted by Gasteiger charge is -2.32. The summed E-state index contributed by atoms with van der Waals surface area (Å²) in [4.78, 5) is 14.1. The molecule has 1 aliphatic rings. The number of hydrogen-bond donors (Lipinski definition) is 1. The number of carbonyl (C=O) groups excluding carboxylic acids is 1. The van der Waals surface area contributed by atoms with Gasteiger partial charge >= 0.3 is 0 Å². The molecule has 7 heteroatoms. The molecule has 1 aromatic heterocycles. The van der Waals surface area contributed by atoms with Crippen molar-refractivity contribution in [2.75, 3.05) is 31.6 Å². The lowest BCUT2D eigenvalue weighted by atomic mass is 10.1. The number of aromatic nitrogens is 1. The van der Waals surface area contributed by atoms with E-state index in [1.807, 2.05) is 29.2 Å². The number of morpholine rings is 1. The number of hydrogen-bond acceptors (Lipinski definition) is 5. The average molecular weight is 336 g/mol. The van der Waals surface area contributed by atoms with Gasteiger partial charge in [0.2, 0.25) is 5.91 Å². The van der Waals surface area contributed by atoms with Crippen LogP contribution in [0, 0.1) is 6.92 Å². The largest absolute Gasteiger partial charge is 0.371 e. The quantitative estimate of drug-likeness (QED) is 0.930. The first-order chi connectivity index (χ1) is 11.1. The fourth-order valence-electron chi connectivity index (χ4n) is 2.58. The summed E-state index contributed by atoms with van der Waals surface area (Å²) < 4.78 is 10.7. The summed E-state index contributed by atoms with van der Waals surface area (Å²) in [5.74, 6) is 0.965. The lowest BCUT2D eigenvalue weighted by molar-refractivity contribution is -0.119. The minimum Gasteiger partial charge on any atom is -0.371 e. The van der Waals surface area contributed by atoms with Gasteiger partial charge in [0.05, 0.1) is 19.3 Å². The first-order valence-electron chi connectivity index (χ1n) is 7.43. The van der Waals surface area contributed by atoms with Gasteiger partial charge in [-0.15, -0.1) is 0 Å². The van der Waals surface area contributed by atoms with Crippen molar-refractivity contribution >= 4 is 23.3 Å². The zero-order valence-electron chi connectivity index (χ0n) is 12.8. The molecule has 1 aliphatic heterocycles. The van der Waals surface area contributed by atoms with Crippen molar-refractivity contribution in [3.8, 4) is 0 Å². The standard InChI is InChI=1S/C16H18ClN3O3/c1-11-8-15(19-23-11)18-16(21)10-20-6-7-22-14(9-20)12-4-2-3-5-13(12)17/h2-5,8,14H,6-7,9-10H2,1H3,(H,18,19,21)/t14-/m0/s1. The van der Waals surface area contributed by atoms with E-state index in [1.54, 1.807) is 13.0 Å². The van der Waals surface area contributed by atoms with Gasteiger partial charge < -0.3 is 14.6 Å². The van der Waals surface area contributed by atoms with Gasteiger partial charge in [0.1, 0.15) is 5.76 Å².